The summed E-state index contributed by atoms with van der Waals surface area (Å²) in [5.41, 5.74) is 11.4. The van der Waals surface area contributed by atoms with Gasteiger partial charge >= 0.3 is 0 Å². The lowest BCUT2D eigenvalue weighted by Gasteiger charge is -2.21. The van der Waals surface area contributed by atoms with E-state index in [2.05, 4.69) is 146 Å². The predicted molar refractivity (Wildman–Crippen MR) is 211 cm³/mol. The fourth-order valence-electron chi connectivity index (χ4n) is 8.49. The molecule has 0 aliphatic heterocycles. The maximum Gasteiger partial charge on any atom is 0.136 e. The summed E-state index contributed by atoms with van der Waals surface area (Å²) in [7, 11) is 0. The minimum Gasteiger partial charge on any atom is -0.456 e. The molecule has 2 aromatic heterocycles. The molecule has 1 aliphatic carbocycles. The van der Waals surface area contributed by atoms with Crippen LogP contribution in [0, 0.1) is 0 Å². The second-order valence-corrected chi connectivity index (χ2v) is 13.5. The summed E-state index contributed by atoms with van der Waals surface area (Å²) in [6, 6.07) is 52.4. The summed E-state index contributed by atoms with van der Waals surface area (Å²) in [6.45, 7) is 0. The first-order valence-corrected chi connectivity index (χ1v) is 17.4. The molecular formula is C48H30O2. The van der Waals surface area contributed by atoms with Gasteiger partial charge in [0.1, 0.15) is 22.3 Å². The van der Waals surface area contributed by atoms with Gasteiger partial charge in [0.15, 0.2) is 0 Å². The van der Waals surface area contributed by atoms with Crippen LogP contribution in [-0.2, 0) is 0 Å². The second kappa shape index (κ2) is 10.6. The Bertz CT molecular complexity index is 3020. The molecule has 2 nitrogen and oxygen atoms in total. The van der Waals surface area contributed by atoms with Crippen LogP contribution >= 0.6 is 0 Å². The van der Waals surface area contributed by atoms with E-state index in [1.807, 2.05) is 12.1 Å². The number of furan rings is 2. The quantitative estimate of drug-likeness (QED) is 0.180. The monoisotopic (exact) mass is 638 g/mol. The molecule has 2 heterocycles. The van der Waals surface area contributed by atoms with Crippen LogP contribution in [0.2, 0.25) is 0 Å². The summed E-state index contributed by atoms with van der Waals surface area (Å²) in [5, 5.41) is 12.1. The minimum atomic E-state index is 0.904. The molecule has 0 spiro atoms. The molecular weight excluding hydrogens is 609 g/mol. The van der Waals surface area contributed by atoms with E-state index in [1.54, 1.807) is 0 Å². The van der Waals surface area contributed by atoms with Gasteiger partial charge in [-0.1, -0.05) is 121 Å². The van der Waals surface area contributed by atoms with Crippen LogP contribution in [0.4, 0.5) is 0 Å². The van der Waals surface area contributed by atoms with Crippen molar-refractivity contribution in [3.63, 3.8) is 0 Å². The summed E-state index contributed by atoms with van der Waals surface area (Å²) < 4.78 is 12.7. The Balaban J connectivity index is 1.09. The number of para-hydroxylation sites is 1. The average molecular weight is 639 g/mol. The van der Waals surface area contributed by atoms with E-state index in [4.69, 9.17) is 8.83 Å². The zero-order valence-electron chi connectivity index (χ0n) is 27.2. The third-order valence-electron chi connectivity index (χ3n) is 10.7. The summed E-state index contributed by atoms with van der Waals surface area (Å²) in [4.78, 5) is 0. The molecule has 0 radical (unpaired) electrons. The molecule has 0 fully saturated rings. The number of rotatable bonds is 3. The van der Waals surface area contributed by atoms with E-state index in [9.17, 15) is 0 Å². The molecule has 8 aromatic carbocycles. The van der Waals surface area contributed by atoms with Crippen molar-refractivity contribution in [2.75, 3.05) is 0 Å². The van der Waals surface area contributed by atoms with Crippen molar-refractivity contribution in [3.8, 4) is 11.1 Å². The lowest BCUT2D eigenvalue weighted by Crippen LogP contribution is -1.97. The summed E-state index contributed by atoms with van der Waals surface area (Å²) in [6.07, 6.45) is 6.82. The standard InChI is InChI=1S/C48H30O2/c1-2-11-29(12-3-1)46-34-15-4-6-17-36(34)47(37-18-7-5-16-35(37)46)33-14-10-13-30(25-33)31-21-23-43-40(26-31)41-28-39-32(27-45(41)50-43)22-24-44-48(39)38-19-8-9-20-42(38)49-44/h1-9,11-13,15-28H,10,14H2. The Morgan fingerprint density at radius 3 is 1.80 bits per heavy atom. The molecule has 0 unspecified atom stereocenters. The van der Waals surface area contributed by atoms with Gasteiger partial charge in [0.05, 0.1) is 0 Å². The van der Waals surface area contributed by atoms with Crippen LogP contribution < -0.4 is 0 Å². The third kappa shape index (κ3) is 4.02. The van der Waals surface area contributed by atoms with Crippen LogP contribution in [0.25, 0.3) is 98.5 Å². The molecule has 11 rings (SSSR count). The first kappa shape index (κ1) is 27.6. The van der Waals surface area contributed by atoms with Gasteiger partial charge < -0.3 is 8.83 Å². The predicted octanol–water partition coefficient (Wildman–Crippen LogP) is 13.9. The fourth-order valence-corrected chi connectivity index (χ4v) is 8.49. The smallest absolute Gasteiger partial charge is 0.136 e. The lowest BCUT2D eigenvalue weighted by atomic mass is 9.82. The number of hydrogen-bond acceptors (Lipinski definition) is 2. The Morgan fingerprint density at radius 2 is 1.02 bits per heavy atom. The van der Waals surface area contributed by atoms with Gasteiger partial charge in [-0.05, 0) is 115 Å². The van der Waals surface area contributed by atoms with E-state index in [1.165, 1.54) is 60.3 Å². The largest absolute Gasteiger partial charge is 0.456 e. The van der Waals surface area contributed by atoms with Crippen molar-refractivity contribution in [2.24, 2.45) is 0 Å². The molecule has 0 amide bonds. The van der Waals surface area contributed by atoms with Crippen molar-refractivity contribution in [1.82, 2.24) is 0 Å². The maximum absolute atomic E-state index is 6.46. The maximum atomic E-state index is 6.46. The van der Waals surface area contributed by atoms with E-state index < -0.39 is 0 Å². The fraction of sp³-hybridized carbons (Fsp3) is 0.0417. The number of fused-ring (bicyclic) bond motifs is 10. The van der Waals surface area contributed by atoms with Crippen LogP contribution in [0.15, 0.2) is 167 Å². The summed E-state index contributed by atoms with van der Waals surface area (Å²) >= 11 is 0. The van der Waals surface area contributed by atoms with Crippen molar-refractivity contribution >= 4 is 87.3 Å². The molecule has 0 N–H and O–H groups in total. The van der Waals surface area contributed by atoms with Gasteiger partial charge in [0.2, 0.25) is 0 Å². The molecule has 0 atom stereocenters. The highest BCUT2D eigenvalue weighted by atomic mass is 16.3. The normalized spacial score (nSPS) is 13.7. The molecule has 10 aromatic rings. The van der Waals surface area contributed by atoms with Crippen molar-refractivity contribution in [2.45, 2.75) is 12.8 Å². The minimum absolute atomic E-state index is 0.904. The zero-order chi connectivity index (χ0) is 32.8. The van der Waals surface area contributed by atoms with Crippen LogP contribution in [0.3, 0.4) is 0 Å². The van der Waals surface area contributed by atoms with Gasteiger partial charge in [-0.3, -0.25) is 0 Å². The first-order chi connectivity index (χ1) is 24.8. The Hall–Kier alpha value is -6.38. The molecule has 0 saturated heterocycles. The van der Waals surface area contributed by atoms with Gasteiger partial charge in [0.25, 0.3) is 0 Å². The highest BCUT2D eigenvalue weighted by molar-refractivity contribution is 6.23. The van der Waals surface area contributed by atoms with Gasteiger partial charge in [-0.25, -0.2) is 0 Å². The number of benzene rings is 8. The summed E-state index contributed by atoms with van der Waals surface area (Å²) in [5.74, 6) is 0. The van der Waals surface area contributed by atoms with Gasteiger partial charge in [-0.15, -0.1) is 0 Å². The Kier molecular flexibility index (Phi) is 5.82. The number of hydrogen-bond donors (Lipinski definition) is 0. The van der Waals surface area contributed by atoms with Crippen LogP contribution in [0.1, 0.15) is 24.0 Å². The Morgan fingerprint density at radius 1 is 0.400 bits per heavy atom. The molecule has 2 heteroatoms. The van der Waals surface area contributed by atoms with Crippen LogP contribution in [0.5, 0.6) is 0 Å². The highest BCUT2D eigenvalue weighted by Crippen LogP contribution is 2.45. The SMILES string of the molecule is C1=C(c2ccc3oc4cc5ccc6oc7ccccc7c6c5cc4c3c2)C=C(c2c3ccccc3c(-c3ccccc3)c3ccccc23)CC1. The van der Waals surface area contributed by atoms with Crippen LogP contribution in [-0.4, -0.2) is 0 Å². The van der Waals surface area contributed by atoms with E-state index >= 15 is 0 Å². The van der Waals surface area contributed by atoms with Gasteiger partial charge in [-0.2, -0.15) is 0 Å². The van der Waals surface area contributed by atoms with Crippen molar-refractivity contribution in [3.05, 3.63) is 169 Å². The first-order valence-electron chi connectivity index (χ1n) is 17.4. The average Bonchev–Trinajstić information content (AvgIpc) is 3.74. The highest BCUT2D eigenvalue weighted by Gasteiger charge is 2.20. The van der Waals surface area contributed by atoms with E-state index in [0.717, 1.165) is 62.1 Å². The van der Waals surface area contributed by atoms with Crippen molar-refractivity contribution < 1.29 is 8.83 Å². The lowest BCUT2D eigenvalue weighted by molar-refractivity contribution is 0.668. The van der Waals surface area contributed by atoms with Gasteiger partial charge in [0, 0.05) is 21.5 Å². The van der Waals surface area contributed by atoms with E-state index in [0.29, 0.717) is 0 Å². The molecule has 50 heavy (non-hydrogen) atoms. The second-order valence-electron chi connectivity index (χ2n) is 13.5. The zero-order valence-corrected chi connectivity index (χ0v) is 27.2. The molecule has 234 valence electrons. The molecule has 0 saturated carbocycles. The molecule has 0 bridgehead atoms. The Labute approximate surface area is 288 Å². The number of allylic oxidation sites excluding steroid dienone is 4. The van der Waals surface area contributed by atoms with Crippen molar-refractivity contribution in [1.29, 1.82) is 0 Å². The topological polar surface area (TPSA) is 26.3 Å². The van der Waals surface area contributed by atoms with E-state index in [-0.39, 0.29) is 0 Å². The third-order valence-corrected chi connectivity index (χ3v) is 10.7. The molecule has 1 aliphatic rings.